The molecule has 0 aliphatic carbocycles. The number of hydrogen-bond donors (Lipinski definition) is 1. The molecule has 1 atom stereocenters. The summed E-state index contributed by atoms with van der Waals surface area (Å²) in [5.41, 5.74) is 0.122. The largest absolute Gasteiger partial charge is 0.341 e. The first-order chi connectivity index (χ1) is 9.10. The van der Waals surface area contributed by atoms with Gasteiger partial charge in [0.2, 0.25) is 5.91 Å². The second-order valence-corrected chi connectivity index (χ2v) is 4.88. The highest BCUT2D eigenvalue weighted by Crippen LogP contribution is 2.15. The van der Waals surface area contributed by atoms with E-state index < -0.39 is 11.6 Å². The monoisotopic (exact) mass is 268 g/mol. The van der Waals surface area contributed by atoms with E-state index in [4.69, 9.17) is 0 Å². The zero-order valence-corrected chi connectivity index (χ0v) is 11.0. The number of rotatable bonds is 3. The van der Waals surface area contributed by atoms with Crippen LogP contribution in [0.1, 0.15) is 18.4 Å². The molecule has 19 heavy (non-hydrogen) atoms. The Morgan fingerprint density at radius 1 is 1.47 bits per heavy atom. The molecule has 1 unspecified atom stereocenters. The molecule has 1 aromatic rings. The van der Waals surface area contributed by atoms with Crippen molar-refractivity contribution in [3.63, 3.8) is 0 Å². The molecule has 1 N–H and O–H groups in total. The number of nitrogens with zero attached hydrogens (tertiary/aromatic N) is 1. The molecule has 1 aromatic carbocycles. The summed E-state index contributed by atoms with van der Waals surface area (Å²) in [5, 5.41) is 3.15. The van der Waals surface area contributed by atoms with Gasteiger partial charge < -0.3 is 10.2 Å². The Balaban J connectivity index is 2.02. The standard InChI is InChI=1S/C14H18F2N2O/c1-17-12-3-2-6-18(9-12)14(19)8-10-7-11(15)4-5-13(10)16/h4-5,7,12,17H,2-3,6,8-9H2,1H3. The predicted octanol–water partition coefficient (Wildman–Crippen LogP) is 1.72. The first-order valence-electron chi connectivity index (χ1n) is 6.49. The van der Waals surface area contributed by atoms with Gasteiger partial charge in [0, 0.05) is 24.7 Å². The third-order valence-corrected chi connectivity index (χ3v) is 3.53. The summed E-state index contributed by atoms with van der Waals surface area (Å²) in [7, 11) is 1.87. The normalized spacial score (nSPS) is 19.5. The van der Waals surface area contributed by atoms with Crippen molar-refractivity contribution in [1.29, 1.82) is 0 Å². The number of carbonyl (C=O) groups is 1. The Morgan fingerprint density at radius 3 is 3.00 bits per heavy atom. The maximum Gasteiger partial charge on any atom is 0.227 e. The van der Waals surface area contributed by atoms with E-state index in [1.165, 1.54) is 0 Å². The molecule has 5 heteroatoms. The van der Waals surface area contributed by atoms with Crippen LogP contribution in [0.15, 0.2) is 18.2 Å². The SMILES string of the molecule is CNC1CCCN(C(=O)Cc2cc(F)ccc2F)C1. The van der Waals surface area contributed by atoms with Crippen molar-refractivity contribution < 1.29 is 13.6 Å². The number of likely N-dealkylation sites (N-methyl/N-ethyl adjacent to an activating group) is 1. The van der Waals surface area contributed by atoms with Crippen LogP contribution in [0.2, 0.25) is 0 Å². The Morgan fingerprint density at radius 2 is 2.26 bits per heavy atom. The minimum atomic E-state index is -0.531. The van der Waals surface area contributed by atoms with Gasteiger partial charge in [-0.25, -0.2) is 8.78 Å². The van der Waals surface area contributed by atoms with E-state index in [0.29, 0.717) is 13.1 Å². The van der Waals surface area contributed by atoms with Crippen molar-refractivity contribution in [3.8, 4) is 0 Å². The smallest absolute Gasteiger partial charge is 0.227 e. The molecule has 1 saturated heterocycles. The lowest BCUT2D eigenvalue weighted by Gasteiger charge is -2.32. The number of likely N-dealkylation sites (tertiary alicyclic amines) is 1. The van der Waals surface area contributed by atoms with Gasteiger partial charge in [-0.3, -0.25) is 4.79 Å². The predicted molar refractivity (Wildman–Crippen MR) is 68.7 cm³/mol. The molecule has 1 aliphatic heterocycles. The van der Waals surface area contributed by atoms with Crippen LogP contribution in [0.3, 0.4) is 0 Å². The second kappa shape index (κ2) is 6.10. The van der Waals surface area contributed by atoms with Gasteiger partial charge >= 0.3 is 0 Å². The van der Waals surface area contributed by atoms with Gasteiger partial charge in [-0.05, 0) is 38.1 Å². The summed E-state index contributed by atoms with van der Waals surface area (Å²) in [6, 6.07) is 3.49. The number of halogens is 2. The van der Waals surface area contributed by atoms with Gasteiger partial charge in [0.1, 0.15) is 11.6 Å². The maximum atomic E-state index is 13.5. The van der Waals surface area contributed by atoms with Crippen LogP contribution in [0.5, 0.6) is 0 Å². The highest BCUT2D eigenvalue weighted by Gasteiger charge is 2.23. The molecule has 1 fully saturated rings. The molecule has 0 bridgehead atoms. The van der Waals surface area contributed by atoms with Gasteiger partial charge in [-0.15, -0.1) is 0 Å². The minimum absolute atomic E-state index is 0.0833. The van der Waals surface area contributed by atoms with E-state index in [1.54, 1.807) is 4.90 Å². The van der Waals surface area contributed by atoms with Crippen LogP contribution in [0.25, 0.3) is 0 Å². The molecular weight excluding hydrogens is 250 g/mol. The molecule has 3 nitrogen and oxygen atoms in total. The lowest BCUT2D eigenvalue weighted by molar-refractivity contribution is -0.131. The fourth-order valence-corrected chi connectivity index (χ4v) is 2.39. The molecule has 0 radical (unpaired) electrons. The van der Waals surface area contributed by atoms with Gasteiger partial charge in [0.05, 0.1) is 6.42 Å². The molecule has 0 saturated carbocycles. The van der Waals surface area contributed by atoms with Gasteiger partial charge in [0.15, 0.2) is 0 Å². The van der Waals surface area contributed by atoms with Crippen LogP contribution in [0.4, 0.5) is 8.78 Å². The average molecular weight is 268 g/mol. The summed E-state index contributed by atoms with van der Waals surface area (Å²) in [5.74, 6) is -1.20. The average Bonchev–Trinajstić information content (AvgIpc) is 2.43. The molecule has 1 aliphatic rings. The van der Waals surface area contributed by atoms with Crippen LogP contribution >= 0.6 is 0 Å². The van der Waals surface area contributed by atoms with E-state index in [2.05, 4.69) is 5.32 Å². The molecule has 0 spiro atoms. The van der Waals surface area contributed by atoms with Gasteiger partial charge in [0.25, 0.3) is 0 Å². The molecule has 1 amide bonds. The minimum Gasteiger partial charge on any atom is -0.341 e. The molecule has 0 aromatic heterocycles. The molecular formula is C14H18F2N2O. The Kier molecular flexibility index (Phi) is 4.47. The van der Waals surface area contributed by atoms with Crippen molar-refractivity contribution in [2.24, 2.45) is 0 Å². The van der Waals surface area contributed by atoms with Crippen molar-refractivity contribution in [1.82, 2.24) is 10.2 Å². The summed E-state index contributed by atoms with van der Waals surface area (Å²) < 4.78 is 26.5. The van der Waals surface area contributed by atoms with Crippen LogP contribution in [0, 0.1) is 11.6 Å². The zero-order valence-electron chi connectivity index (χ0n) is 11.0. The lowest BCUT2D eigenvalue weighted by atomic mass is 10.0. The second-order valence-electron chi connectivity index (χ2n) is 4.88. The van der Waals surface area contributed by atoms with E-state index >= 15 is 0 Å². The number of benzene rings is 1. The van der Waals surface area contributed by atoms with E-state index in [1.807, 2.05) is 7.05 Å². The van der Waals surface area contributed by atoms with Gasteiger partial charge in [-0.2, -0.15) is 0 Å². The molecule has 1 heterocycles. The number of nitrogens with one attached hydrogen (secondary N) is 1. The maximum absolute atomic E-state index is 13.5. The van der Waals surface area contributed by atoms with Crippen molar-refractivity contribution in [2.75, 3.05) is 20.1 Å². The first kappa shape index (κ1) is 13.9. The van der Waals surface area contributed by atoms with E-state index in [9.17, 15) is 13.6 Å². The van der Waals surface area contributed by atoms with Crippen molar-refractivity contribution in [2.45, 2.75) is 25.3 Å². The highest BCUT2D eigenvalue weighted by atomic mass is 19.1. The number of piperidine rings is 1. The van der Waals surface area contributed by atoms with Crippen molar-refractivity contribution in [3.05, 3.63) is 35.4 Å². The summed E-state index contributed by atoms with van der Waals surface area (Å²) in [4.78, 5) is 13.8. The lowest BCUT2D eigenvalue weighted by Crippen LogP contribution is -2.47. The Labute approximate surface area is 111 Å². The van der Waals surface area contributed by atoms with E-state index in [-0.39, 0.29) is 23.9 Å². The summed E-state index contributed by atoms with van der Waals surface area (Å²) in [6.45, 7) is 1.32. The quantitative estimate of drug-likeness (QED) is 0.905. The summed E-state index contributed by atoms with van der Waals surface area (Å²) >= 11 is 0. The highest BCUT2D eigenvalue weighted by molar-refractivity contribution is 5.79. The zero-order chi connectivity index (χ0) is 13.8. The summed E-state index contributed by atoms with van der Waals surface area (Å²) in [6.07, 6.45) is 1.89. The fraction of sp³-hybridized carbons (Fsp3) is 0.500. The Hall–Kier alpha value is -1.49. The third kappa shape index (κ3) is 3.50. The van der Waals surface area contributed by atoms with Crippen molar-refractivity contribution >= 4 is 5.91 Å². The van der Waals surface area contributed by atoms with Crippen LogP contribution in [-0.4, -0.2) is 37.0 Å². The molecule has 104 valence electrons. The topological polar surface area (TPSA) is 32.3 Å². The number of amides is 1. The van der Waals surface area contributed by atoms with Crippen LogP contribution in [-0.2, 0) is 11.2 Å². The van der Waals surface area contributed by atoms with E-state index in [0.717, 1.165) is 31.0 Å². The number of hydrogen-bond acceptors (Lipinski definition) is 2. The fourth-order valence-electron chi connectivity index (χ4n) is 2.39. The van der Waals surface area contributed by atoms with Crippen LogP contribution < -0.4 is 5.32 Å². The third-order valence-electron chi connectivity index (χ3n) is 3.53. The van der Waals surface area contributed by atoms with Gasteiger partial charge in [-0.1, -0.05) is 0 Å². The first-order valence-corrected chi connectivity index (χ1v) is 6.49. The number of carbonyl (C=O) groups excluding carboxylic acids is 1. The Bertz CT molecular complexity index is 465. The molecule has 2 rings (SSSR count).